The molecule has 1 aliphatic rings. The summed E-state index contributed by atoms with van der Waals surface area (Å²) in [6.45, 7) is 4.17. The molecule has 14 heavy (non-hydrogen) atoms. The number of rotatable bonds is 5. The lowest BCUT2D eigenvalue weighted by Gasteiger charge is -2.38. The lowest BCUT2D eigenvalue weighted by atomic mass is 10.0. The minimum absolute atomic E-state index is 0.0148. The van der Waals surface area contributed by atoms with Crippen LogP contribution in [0.3, 0.4) is 0 Å². The molecule has 0 saturated carbocycles. The molecule has 1 unspecified atom stereocenters. The van der Waals surface area contributed by atoms with E-state index in [1.54, 1.807) is 4.90 Å². The monoisotopic (exact) mass is 199 g/mol. The fraction of sp³-hybridized carbons (Fsp3) is 0.778. The van der Waals surface area contributed by atoms with Gasteiger partial charge in [0.25, 0.3) is 0 Å². The molecule has 0 aromatic rings. The lowest BCUT2D eigenvalue weighted by Crippen LogP contribution is -2.57. The van der Waals surface area contributed by atoms with Gasteiger partial charge in [-0.3, -0.25) is 9.59 Å². The lowest BCUT2D eigenvalue weighted by molar-refractivity contribution is -0.145. The van der Waals surface area contributed by atoms with E-state index in [0.717, 1.165) is 6.54 Å². The average Bonchev–Trinajstić information content (AvgIpc) is 2.01. The second-order valence-corrected chi connectivity index (χ2v) is 3.40. The molecule has 0 radical (unpaired) electrons. The Labute approximate surface area is 83.6 Å². The number of hydrogen-bond donors (Lipinski definition) is 2. The number of nitrogens with zero attached hydrogens (tertiary/aromatic N) is 1. The third kappa shape index (κ3) is 2.45. The maximum absolute atomic E-state index is 11.5. The predicted octanol–water partition coefficient (Wildman–Crippen LogP) is -0.928. The summed E-state index contributed by atoms with van der Waals surface area (Å²) in [5.74, 6) is -0.381. The van der Waals surface area contributed by atoms with Crippen LogP contribution < -0.4 is 11.1 Å². The number of likely N-dealkylation sites (tertiary alicyclic amines) is 1. The van der Waals surface area contributed by atoms with Gasteiger partial charge in [0, 0.05) is 19.5 Å². The van der Waals surface area contributed by atoms with Crippen molar-refractivity contribution < 1.29 is 9.59 Å². The van der Waals surface area contributed by atoms with E-state index in [-0.39, 0.29) is 11.9 Å². The number of hydrogen-bond acceptors (Lipinski definition) is 3. The largest absolute Gasteiger partial charge is 0.368 e. The molecule has 3 N–H and O–H groups in total. The van der Waals surface area contributed by atoms with Crippen molar-refractivity contribution in [3.8, 4) is 0 Å². The first kappa shape index (κ1) is 11.0. The van der Waals surface area contributed by atoms with E-state index >= 15 is 0 Å². The summed E-state index contributed by atoms with van der Waals surface area (Å²) in [6, 6.07) is -0.357. The van der Waals surface area contributed by atoms with Crippen molar-refractivity contribution in [2.45, 2.75) is 25.8 Å². The van der Waals surface area contributed by atoms with Crippen LogP contribution in [-0.4, -0.2) is 42.4 Å². The molecule has 80 valence electrons. The van der Waals surface area contributed by atoms with Crippen LogP contribution in [0, 0.1) is 0 Å². The number of primary amides is 1. The summed E-state index contributed by atoms with van der Waals surface area (Å²) < 4.78 is 0. The topological polar surface area (TPSA) is 75.4 Å². The standard InChI is InChI=1S/C9H17N3O2/c1-2-11-5-3-8(13)12-6-4-7(12)9(10)14/h7,11H,2-6H2,1H3,(H2,10,14). The van der Waals surface area contributed by atoms with Gasteiger partial charge in [-0.1, -0.05) is 6.92 Å². The molecule has 0 aliphatic carbocycles. The van der Waals surface area contributed by atoms with Crippen LogP contribution in [0.5, 0.6) is 0 Å². The highest BCUT2D eigenvalue weighted by Crippen LogP contribution is 2.17. The van der Waals surface area contributed by atoms with E-state index in [2.05, 4.69) is 5.32 Å². The Hall–Kier alpha value is -1.10. The molecule has 0 aromatic carbocycles. The number of amides is 2. The minimum Gasteiger partial charge on any atom is -0.368 e. The fourth-order valence-corrected chi connectivity index (χ4v) is 1.50. The maximum Gasteiger partial charge on any atom is 0.240 e. The second kappa shape index (κ2) is 4.95. The molecule has 2 amide bonds. The quantitative estimate of drug-likeness (QED) is 0.562. The molecule has 1 fully saturated rings. The van der Waals surface area contributed by atoms with Crippen molar-refractivity contribution in [2.75, 3.05) is 19.6 Å². The number of carbonyl (C=O) groups is 2. The molecule has 0 bridgehead atoms. The van der Waals surface area contributed by atoms with Gasteiger partial charge < -0.3 is 16.0 Å². The smallest absolute Gasteiger partial charge is 0.240 e. The van der Waals surface area contributed by atoms with Crippen LogP contribution in [0.2, 0.25) is 0 Å². The molecule has 1 rings (SSSR count). The van der Waals surface area contributed by atoms with Crippen LogP contribution in [0.4, 0.5) is 0 Å². The van der Waals surface area contributed by atoms with Gasteiger partial charge >= 0.3 is 0 Å². The third-order valence-corrected chi connectivity index (χ3v) is 2.43. The van der Waals surface area contributed by atoms with Gasteiger partial charge in [-0.15, -0.1) is 0 Å². The Balaban J connectivity index is 2.27. The van der Waals surface area contributed by atoms with Crippen molar-refractivity contribution >= 4 is 11.8 Å². The van der Waals surface area contributed by atoms with Crippen molar-refractivity contribution in [1.82, 2.24) is 10.2 Å². The van der Waals surface area contributed by atoms with Crippen LogP contribution in [-0.2, 0) is 9.59 Å². The molecule has 1 heterocycles. The number of nitrogens with one attached hydrogen (secondary N) is 1. The zero-order valence-electron chi connectivity index (χ0n) is 8.45. The molecular formula is C9H17N3O2. The molecular weight excluding hydrogens is 182 g/mol. The molecule has 1 aliphatic heterocycles. The third-order valence-electron chi connectivity index (χ3n) is 2.43. The molecule has 0 aromatic heterocycles. The predicted molar refractivity (Wildman–Crippen MR) is 52.5 cm³/mol. The van der Waals surface area contributed by atoms with E-state index in [4.69, 9.17) is 5.73 Å². The first-order valence-electron chi connectivity index (χ1n) is 4.96. The Kier molecular flexibility index (Phi) is 3.88. The van der Waals surface area contributed by atoms with Crippen LogP contribution in [0.1, 0.15) is 19.8 Å². The minimum atomic E-state index is -0.395. The summed E-state index contributed by atoms with van der Waals surface area (Å²) in [6.07, 6.45) is 1.15. The van der Waals surface area contributed by atoms with Gasteiger partial charge in [0.2, 0.25) is 11.8 Å². The maximum atomic E-state index is 11.5. The van der Waals surface area contributed by atoms with Gasteiger partial charge in [-0.25, -0.2) is 0 Å². The highest BCUT2D eigenvalue weighted by molar-refractivity contribution is 5.88. The number of nitrogens with two attached hydrogens (primary N) is 1. The Morgan fingerprint density at radius 1 is 1.57 bits per heavy atom. The fourth-order valence-electron chi connectivity index (χ4n) is 1.50. The summed E-state index contributed by atoms with van der Waals surface area (Å²) in [5, 5.41) is 3.06. The Morgan fingerprint density at radius 3 is 2.71 bits per heavy atom. The van der Waals surface area contributed by atoms with Gasteiger partial charge in [0.1, 0.15) is 6.04 Å². The van der Waals surface area contributed by atoms with E-state index in [1.807, 2.05) is 6.92 Å². The molecule has 1 saturated heterocycles. The molecule has 1 atom stereocenters. The van der Waals surface area contributed by atoms with Crippen LogP contribution in [0.25, 0.3) is 0 Å². The Morgan fingerprint density at radius 2 is 2.29 bits per heavy atom. The average molecular weight is 199 g/mol. The van der Waals surface area contributed by atoms with E-state index in [9.17, 15) is 9.59 Å². The van der Waals surface area contributed by atoms with Gasteiger partial charge in [0.15, 0.2) is 0 Å². The summed E-state index contributed by atoms with van der Waals surface area (Å²) in [4.78, 5) is 23.9. The molecule has 5 nitrogen and oxygen atoms in total. The van der Waals surface area contributed by atoms with Crippen molar-refractivity contribution in [2.24, 2.45) is 5.73 Å². The van der Waals surface area contributed by atoms with Gasteiger partial charge in [-0.2, -0.15) is 0 Å². The molecule has 5 heteroatoms. The normalized spacial score (nSPS) is 20.4. The van der Waals surface area contributed by atoms with Crippen LogP contribution in [0.15, 0.2) is 0 Å². The second-order valence-electron chi connectivity index (χ2n) is 3.40. The van der Waals surface area contributed by atoms with Gasteiger partial charge in [-0.05, 0) is 13.0 Å². The van der Waals surface area contributed by atoms with E-state index in [0.29, 0.717) is 25.9 Å². The first-order valence-corrected chi connectivity index (χ1v) is 4.96. The zero-order chi connectivity index (χ0) is 10.6. The van der Waals surface area contributed by atoms with Crippen molar-refractivity contribution in [1.29, 1.82) is 0 Å². The van der Waals surface area contributed by atoms with Crippen LogP contribution >= 0.6 is 0 Å². The van der Waals surface area contributed by atoms with E-state index in [1.165, 1.54) is 0 Å². The van der Waals surface area contributed by atoms with Crippen molar-refractivity contribution in [3.63, 3.8) is 0 Å². The number of carbonyl (C=O) groups excluding carboxylic acids is 2. The van der Waals surface area contributed by atoms with Crippen molar-refractivity contribution in [3.05, 3.63) is 0 Å². The van der Waals surface area contributed by atoms with Gasteiger partial charge in [0.05, 0.1) is 0 Å². The first-order chi connectivity index (χ1) is 6.66. The highest BCUT2D eigenvalue weighted by Gasteiger charge is 2.35. The SMILES string of the molecule is CCNCCC(=O)N1CCC1C(N)=O. The molecule has 0 spiro atoms. The highest BCUT2D eigenvalue weighted by atomic mass is 16.2. The summed E-state index contributed by atoms with van der Waals surface area (Å²) >= 11 is 0. The summed E-state index contributed by atoms with van der Waals surface area (Å²) in [5.41, 5.74) is 5.13. The zero-order valence-corrected chi connectivity index (χ0v) is 8.45. The van der Waals surface area contributed by atoms with E-state index < -0.39 is 5.91 Å². The summed E-state index contributed by atoms with van der Waals surface area (Å²) in [7, 11) is 0. The Bertz CT molecular complexity index is 230.